The first-order valence-electron chi connectivity index (χ1n) is 10.7. The van der Waals surface area contributed by atoms with Crippen LogP contribution in [0.3, 0.4) is 0 Å². The molecule has 6 nitrogen and oxygen atoms in total. The standard InChI is InChI=1S/C22H38N2O4/c1-14(2)18(25)21(28)24-22(5,6)13-12-15(3)19(26)20(27)23-16(4)17-10-8-7-9-11-17/h14-17H,7-13H2,1-6H3,(H,23,27)(H,24,28). The van der Waals surface area contributed by atoms with Gasteiger partial charge in [-0.3, -0.25) is 19.2 Å². The van der Waals surface area contributed by atoms with Crippen LogP contribution >= 0.6 is 0 Å². The minimum atomic E-state index is -0.623. The van der Waals surface area contributed by atoms with Gasteiger partial charge < -0.3 is 10.6 Å². The Morgan fingerprint density at radius 1 is 0.893 bits per heavy atom. The van der Waals surface area contributed by atoms with E-state index in [9.17, 15) is 19.2 Å². The molecule has 0 aromatic carbocycles. The fraction of sp³-hybridized carbons (Fsp3) is 0.818. The maximum atomic E-state index is 12.4. The highest BCUT2D eigenvalue weighted by Gasteiger charge is 2.30. The summed E-state index contributed by atoms with van der Waals surface area (Å²) in [6.45, 7) is 10.7. The monoisotopic (exact) mass is 394 g/mol. The Morgan fingerprint density at radius 3 is 2.00 bits per heavy atom. The lowest BCUT2D eigenvalue weighted by Crippen LogP contribution is -2.48. The van der Waals surface area contributed by atoms with Gasteiger partial charge in [0.1, 0.15) is 0 Å². The maximum absolute atomic E-state index is 12.4. The van der Waals surface area contributed by atoms with Gasteiger partial charge >= 0.3 is 0 Å². The zero-order chi connectivity index (χ0) is 21.5. The van der Waals surface area contributed by atoms with E-state index in [-0.39, 0.29) is 12.0 Å². The maximum Gasteiger partial charge on any atom is 0.288 e. The van der Waals surface area contributed by atoms with Crippen LogP contribution in [0.1, 0.15) is 86.5 Å². The lowest BCUT2D eigenvalue weighted by molar-refractivity contribution is -0.141. The van der Waals surface area contributed by atoms with Crippen molar-refractivity contribution in [3.05, 3.63) is 0 Å². The molecular weight excluding hydrogens is 356 g/mol. The van der Waals surface area contributed by atoms with E-state index in [1.54, 1.807) is 20.8 Å². The molecule has 0 saturated heterocycles. The van der Waals surface area contributed by atoms with Crippen molar-refractivity contribution in [2.45, 2.75) is 98.1 Å². The smallest absolute Gasteiger partial charge is 0.288 e. The topological polar surface area (TPSA) is 92.3 Å². The van der Waals surface area contributed by atoms with E-state index >= 15 is 0 Å². The van der Waals surface area contributed by atoms with E-state index in [2.05, 4.69) is 10.6 Å². The van der Waals surface area contributed by atoms with Gasteiger partial charge in [-0.1, -0.05) is 40.0 Å². The van der Waals surface area contributed by atoms with Crippen molar-refractivity contribution >= 4 is 23.4 Å². The molecule has 0 heterocycles. The van der Waals surface area contributed by atoms with E-state index < -0.39 is 34.8 Å². The molecule has 28 heavy (non-hydrogen) atoms. The average Bonchev–Trinajstić information content (AvgIpc) is 2.64. The molecule has 2 amide bonds. The molecule has 0 aliphatic heterocycles. The van der Waals surface area contributed by atoms with Gasteiger partial charge in [-0.15, -0.1) is 0 Å². The van der Waals surface area contributed by atoms with Crippen molar-refractivity contribution in [3.8, 4) is 0 Å². The van der Waals surface area contributed by atoms with Gasteiger partial charge in [0.2, 0.25) is 11.6 Å². The van der Waals surface area contributed by atoms with Gasteiger partial charge in [-0.25, -0.2) is 0 Å². The Labute approximate surface area is 169 Å². The van der Waals surface area contributed by atoms with Crippen molar-refractivity contribution < 1.29 is 19.2 Å². The summed E-state index contributed by atoms with van der Waals surface area (Å²) < 4.78 is 0. The normalized spacial score (nSPS) is 17.7. The van der Waals surface area contributed by atoms with E-state index in [4.69, 9.17) is 0 Å². The van der Waals surface area contributed by atoms with Gasteiger partial charge in [0, 0.05) is 23.4 Å². The Kier molecular flexibility index (Phi) is 9.31. The minimum Gasteiger partial charge on any atom is -0.347 e. The van der Waals surface area contributed by atoms with E-state index in [0.717, 1.165) is 12.8 Å². The fourth-order valence-electron chi connectivity index (χ4n) is 3.66. The predicted molar refractivity (Wildman–Crippen MR) is 110 cm³/mol. The molecule has 160 valence electrons. The highest BCUT2D eigenvalue weighted by Crippen LogP contribution is 2.26. The molecule has 2 atom stereocenters. The number of ketones is 2. The second-order valence-corrected chi connectivity index (χ2v) is 9.32. The molecule has 1 fully saturated rings. The highest BCUT2D eigenvalue weighted by atomic mass is 16.2. The summed E-state index contributed by atoms with van der Waals surface area (Å²) in [6, 6.07) is 0.0155. The number of rotatable bonds is 10. The van der Waals surface area contributed by atoms with Crippen LogP contribution in [0, 0.1) is 17.8 Å². The van der Waals surface area contributed by atoms with Crippen LogP contribution in [0.5, 0.6) is 0 Å². The Balaban J connectivity index is 2.48. The summed E-state index contributed by atoms with van der Waals surface area (Å²) >= 11 is 0. The predicted octanol–water partition coefficient (Wildman–Crippen LogP) is 3.18. The summed E-state index contributed by atoms with van der Waals surface area (Å²) in [5.74, 6) is -2.31. The zero-order valence-corrected chi connectivity index (χ0v) is 18.4. The molecule has 1 rings (SSSR count). The number of carbonyl (C=O) groups is 4. The first kappa shape index (κ1) is 24.3. The average molecular weight is 395 g/mol. The number of amides is 2. The summed E-state index contributed by atoms with van der Waals surface area (Å²) in [4.78, 5) is 48.5. The SMILES string of the molecule is CC(C)C(=O)C(=O)NC(C)(C)CCC(C)C(=O)C(=O)NC(C)C1CCCCC1. The van der Waals surface area contributed by atoms with Crippen LogP contribution < -0.4 is 10.6 Å². The van der Waals surface area contributed by atoms with Crippen LogP contribution in [-0.4, -0.2) is 35.0 Å². The van der Waals surface area contributed by atoms with E-state index in [0.29, 0.717) is 18.8 Å². The van der Waals surface area contributed by atoms with Crippen LogP contribution in [0.25, 0.3) is 0 Å². The van der Waals surface area contributed by atoms with Crippen molar-refractivity contribution in [2.75, 3.05) is 0 Å². The molecule has 6 heteroatoms. The molecule has 2 N–H and O–H groups in total. The van der Waals surface area contributed by atoms with E-state index in [1.807, 2.05) is 20.8 Å². The second kappa shape index (κ2) is 10.7. The second-order valence-electron chi connectivity index (χ2n) is 9.32. The van der Waals surface area contributed by atoms with Crippen molar-refractivity contribution in [2.24, 2.45) is 17.8 Å². The lowest BCUT2D eigenvalue weighted by Gasteiger charge is -2.29. The molecule has 2 unspecified atom stereocenters. The third-order valence-corrected chi connectivity index (χ3v) is 5.79. The van der Waals surface area contributed by atoms with Crippen molar-refractivity contribution in [1.82, 2.24) is 10.6 Å². The lowest BCUT2D eigenvalue weighted by atomic mass is 9.84. The fourth-order valence-corrected chi connectivity index (χ4v) is 3.66. The van der Waals surface area contributed by atoms with Gasteiger partial charge in [-0.2, -0.15) is 0 Å². The summed E-state index contributed by atoms with van der Waals surface area (Å²) in [5, 5.41) is 5.62. The highest BCUT2D eigenvalue weighted by molar-refractivity contribution is 6.37. The van der Waals surface area contributed by atoms with Crippen molar-refractivity contribution in [1.29, 1.82) is 0 Å². The third-order valence-electron chi connectivity index (χ3n) is 5.79. The van der Waals surface area contributed by atoms with Gasteiger partial charge in [0.15, 0.2) is 0 Å². The Morgan fingerprint density at radius 2 is 1.46 bits per heavy atom. The minimum absolute atomic E-state index is 0.0155. The molecule has 1 saturated carbocycles. The Hall–Kier alpha value is -1.72. The van der Waals surface area contributed by atoms with Crippen LogP contribution in [0.4, 0.5) is 0 Å². The van der Waals surface area contributed by atoms with Gasteiger partial charge in [0.05, 0.1) is 0 Å². The zero-order valence-electron chi connectivity index (χ0n) is 18.4. The number of nitrogens with one attached hydrogen (secondary N) is 2. The molecule has 0 spiro atoms. The molecule has 0 aromatic rings. The molecule has 1 aliphatic rings. The Bertz CT molecular complexity index is 577. The van der Waals surface area contributed by atoms with E-state index in [1.165, 1.54) is 19.3 Å². The summed E-state index contributed by atoms with van der Waals surface area (Å²) in [5.41, 5.74) is -0.623. The first-order valence-corrected chi connectivity index (χ1v) is 10.7. The molecule has 0 radical (unpaired) electrons. The molecular formula is C22H38N2O4. The molecule has 0 aromatic heterocycles. The first-order chi connectivity index (χ1) is 12.9. The summed E-state index contributed by atoms with van der Waals surface area (Å²) in [6.07, 6.45) is 6.81. The number of hydrogen-bond acceptors (Lipinski definition) is 4. The quantitative estimate of drug-likeness (QED) is 0.557. The van der Waals surface area contributed by atoms with Gasteiger partial charge in [-0.05, 0) is 52.4 Å². The summed E-state index contributed by atoms with van der Waals surface area (Å²) in [7, 11) is 0. The number of carbonyl (C=O) groups excluding carboxylic acids is 4. The van der Waals surface area contributed by atoms with Gasteiger partial charge in [0.25, 0.3) is 11.8 Å². The largest absolute Gasteiger partial charge is 0.347 e. The number of Topliss-reactive ketones (excluding diaryl/α,β-unsaturated/α-hetero) is 2. The molecule has 0 bridgehead atoms. The number of hydrogen-bond donors (Lipinski definition) is 2. The van der Waals surface area contributed by atoms with Crippen LogP contribution in [-0.2, 0) is 19.2 Å². The van der Waals surface area contributed by atoms with Crippen LogP contribution in [0.2, 0.25) is 0 Å². The molecule has 1 aliphatic carbocycles. The van der Waals surface area contributed by atoms with Crippen LogP contribution in [0.15, 0.2) is 0 Å². The third kappa shape index (κ3) is 7.72. The van der Waals surface area contributed by atoms with Crippen molar-refractivity contribution in [3.63, 3.8) is 0 Å².